The van der Waals surface area contributed by atoms with Gasteiger partial charge >= 0.3 is 0 Å². The third-order valence-electron chi connectivity index (χ3n) is 4.48. The van der Waals surface area contributed by atoms with E-state index in [0.717, 1.165) is 16.5 Å². The van der Waals surface area contributed by atoms with Crippen molar-refractivity contribution in [2.45, 2.75) is 31.2 Å². The van der Waals surface area contributed by atoms with Crippen molar-refractivity contribution in [3.8, 4) is 5.69 Å². The number of hydrogen-bond donors (Lipinski definition) is 0. The van der Waals surface area contributed by atoms with Crippen molar-refractivity contribution < 1.29 is 4.79 Å². The second-order valence-electron chi connectivity index (χ2n) is 6.34. The first-order valence-electron chi connectivity index (χ1n) is 8.57. The van der Waals surface area contributed by atoms with E-state index in [-0.39, 0.29) is 11.2 Å². The van der Waals surface area contributed by atoms with E-state index >= 15 is 0 Å². The van der Waals surface area contributed by atoms with E-state index in [9.17, 15) is 4.79 Å². The van der Waals surface area contributed by atoms with Gasteiger partial charge in [0.1, 0.15) is 0 Å². The van der Waals surface area contributed by atoms with E-state index in [1.807, 2.05) is 55.1 Å². The molecule has 3 aromatic rings. The Morgan fingerprint density at radius 1 is 1.12 bits per heavy atom. The number of imidazole rings is 1. The van der Waals surface area contributed by atoms with Gasteiger partial charge in [-0.3, -0.25) is 9.36 Å². The molecule has 0 spiro atoms. The fourth-order valence-electron chi connectivity index (χ4n) is 2.71. The van der Waals surface area contributed by atoms with Crippen LogP contribution in [0.25, 0.3) is 5.69 Å². The molecule has 0 saturated heterocycles. The third kappa shape index (κ3) is 3.83. The molecule has 0 fully saturated rings. The van der Waals surface area contributed by atoms with Crippen LogP contribution in [0.15, 0.2) is 66.1 Å². The Balaban J connectivity index is 1.78. The number of aryl methyl sites for hydroxylation is 2. The molecule has 134 valence electrons. The zero-order valence-electron chi connectivity index (χ0n) is 15.5. The quantitative estimate of drug-likeness (QED) is 0.619. The first kappa shape index (κ1) is 18.3. The minimum atomic E-state index is -0.243. The largest absolute Gasteiger partial charge is 0.315 e. The monoisotopic (exact) mass is 365 g/mol. The third-order valence-corrected chi connectivity index (χ3v) is 5.55. The summed E-state index contributed by atoms with van der Waals surface area (Å²) in [7, 11) is 1.81. The Labute approximate surface area is 158 Å². The van der Waals surface area contributed by atoms with Gasteiger partial charge in [0.2, 0.25) is 5.91 Å². The number of aromatic nitrogens is 2. The van der Waals surface area contributed by atoms with Crippen molar-refractivity contribution in [1.29, 1.82) is 0 Å². The molecule has 4 nitrogen and oxygen atoms in total. The highest BCUT2D eigenvalue weighted by atomic mass is 32.2. The van der Waals surface area contributed by atoms with Crippen LogP contribution in [0.3, 0.4) is 0 Å². The van der Waals surface area contributed by atoms with Crippen molar-refractivity contribution in [2.24, 2.45) is 0 Å². The molecule has 5 heteroatoms. The predicted molar refractivity (Wildman–Crippen MR) is 108 cm³/mol. The van der Waals surface area contributed by atoms with Crippen LogP contribution in [0, 0.1) is 13.8 Å². The van der Waals surface area contributed by atoms with Gasteiger partial charge in [-0.2, -0.15) is 0 Å². The summed E-state index contributed by atoms with van der Waals surface area (Å²) in [4.78, 5) is 18.9. The summed E-state index contributed by atoms with van der Waals surface area (Å²) in [5.41, 5.74) is 4.45. The number of anilines is 1. The number of hydrogen-bond acceptors (Lipinski definition) is 3. The SMILES string of the molecule is Cc1ccc(-n2ccnc2SC(C)C(=O)N(C)c2ccccc2)cc1C. The molecule has 0 saturated carbocycles. The van der Waals surface area contributed by atoms with Crippen LogP contribution in [0.1, 0.15) is 18.1 Å². The Kier molecular flexibility index (Phi) is 5.47. The number of nitrogens with zero attached hydrogens (tertiary/aromatic N) is 3. The van der Waals surface area contributed by atoms with Gasteiger partial charge in [0.25, 0.3) is 0 Å². The predicted octanol–water partition coefficient (Wildman–Crippen LogP) is 4.63. The molecule has 0 aliphatic carbocycles. The molecule has 1 amide bonds. The minimum absolute atomic E-state index is 0.0517. The molecule has 1 atom stereocenters. The zero-order valence-corrected chi connectivity index (χ0v) is 16.3. The van der Waals surface area contributed by atoms with Crippen molar-refractivity contribution in [1.82, 2.24) is 9.55 Å². The maximum Gasteiger partial charge on any atom is 0.240 e. The molecule has 3 rings (SSSR count). The van der Waals surface area contributed by atoms with Gasteiger partial charge in [0, 0.05) is 30.8 Å². The van der Waals surface area contributed by atoms with Gasteiger partial charge in [0.15, 0.2) is 5.16 Å². The van der Waals surface area contributed by atoms with E-state index in [1.165, 1.54) is 22.9 Å². The van der Waals surface area contributed by atoms with Crippen molar-refractivity contribution in [3.05, 3.63) is 72.1 Å². The van der Waals surface area contributed by atoms with Gasteiger partial charge in [-0.1, -0.05) is 36.0 Å². The maximum atomic E-state index is 12.8. The van der Waals surface area contributed by atoms with Gasteiger partial charge in [-0.25, -0.2) is 4.98 Å². The fourth-order valence-corrected chi connectivity index (χ4v) is 3.69. The average Bonchev–Trinajstić information content (AvgIpc) is 3.11. The van der Waals surface area contributed by atoms with Crippen LogP contribution >= 0.6 is 11.8 Å². The van der Waals surface area contributed by atoms with Crippen molar-refractivity contribution in [3.63, 3.8) is 0 Å². The summed E-state index contributed by atoms with van der Waals surface area (Å²) in [6.45, 7) is 6.12. The van der Waals surface area contributed by atoms with Gasteiger partial charge in [-0.05, 0) is 56.2 Å². The van der Waals surface area contributed by atoms with Gasteiger partial charge in [-0.15, -0.1) is 0 Å². The highest BCUT2D eigenvalue weighted by molar-refractivity contribution is 8.00. The maximum absolute atomic E-state index is 12.8. The van der Waals surface area contributed by atoms with Crippen LogP contribution in [-0.4, -0.2) is 27.8 Å². The summed E-state index contributed by atoms with van der Waals surface area (Å²) in [5, 5.41) is 0.573. The molecule has 0 N–H and O–H groups in total. The summed E-state index contributed by atoms with van der Waals surface area (Å²) in [5.74, 6) is 0.0517. The van der Waals surface area contributed by atoms with E-state index < -0.39 is 0 Å². The van der Waals surface area contributed by atoms with Crippen LogP contribution in [0.4, 0.5) is 5.69 Å². The number of benzene rings is 2. The second-order valence-corrected chi connectivity index (χ2v) is 7.65. The molecule has 0 radical (unpaired) electrons. The second kappa shape index (κ2) is 7.79. The number of carbonyl (C=O) groups is 1. The first-order chi connectivity index (χ1) is 12.5. The first-order valence-corrected chi connectivity index (χ1v) is 9.45. The van der Waals surface area contributed by atoms with E-state index in [2.05, 4.69) is 37.0 Å². The number of carbonyl (C=O) groups excluding carboxylic acids is 1. The molecule has 1 heterocycles. The standard InChI is InChI=1S/C21H23N3OS/c1-15-10-11-19(14-16(15)2)24-13-12-22-21(24)26-17(3)20(25)23(4)18-8-6-5-7-9-18/h5-14,17H,1-4H3. The number of rotatable bonds is 5. The smallest absolute Gasteiger partial charge is 0.240 e. The number of amides is 1. The van der Waals surface area contributed by atoms with Crippen molar-refractivity contribution >= 4 is 23.4 Å². The van der Waals surface area contributed by atoms with Crippen LogP contribution in [0.2, 0.25) is 0 Å². The molecule has 1 unspecified atom stereocenters. The molecule has 1 aromatic heterocycles. The number of thioether (sulfide) groups is 1. The molecule has 2 aromatic carbocycles. The minimum Gasteiger partial charge on any atom is -0.315 e. The Morgan fingerprint density at radius 3 is 2.54 bits per heavy atom. The Hall–Kier alpha value is -2.53. The lowest BCUT2D eigenvalue weighted by Crippen LogP contribution is -2.33. The lowest BCUT2D eigenvalue weighted by molar-refractivity contribution is -0.117. The van der Waals surface area contributed by atoms with Gasteiger partial charge < -0.3 is 4.90 Å². The summed E-state index contributed by atoms with van der Waals surface area (Å²) in [6, 6.07) is 16.0. The fraction of sp³-hybridized carbons (Fsp3) is 0.238. The molecular formula is C21H23N3OS. The highest BCUT2D eigenvalue weighted by Crippen LogP contribution is 2.27. The lowest BCUT2D eigenvalue weighted by atomic mass is 10.1. The molecular weight excluding hydrogens is 342 g/mol. The molecule has 0 aliphatic rings. The van der Waals surface area contributed by atoms with Crippen LogP contribution in [0.5, 0.6) is 0 Å². The zero-order chi connectivity index (χ0) is 18.7. The summed E-state index contributed by atoms with van der Waals surface area (Å²) in [6.07, 6.45) is 3.71. The summed E-state index contributed by atoms with van der Waals surface area (Å²) < 4.78 is 2.03. The molecule has 0 bridgehead atoms. The highest BCUT2D eigenvalue weighted by Gasteiger charge is 2.22. The van der Waals surface area contributed by atoms with E-state index in [1.54, 1.807) is 11.1 Å². The van der Waals surface area contributed by atoms with E-state index in [0.29, 0.717) is 0 Å². The Bertz CT molecular complexity index is 905. The molecule has 0 aliphatic heterocycles. The number of para-hydroxylation sites is 1. The van der Waals surface area contributed by atoms with E-state index in [4.69, 9.17) is 0 Å². The van der Waals surface area contributed by atoms with Gasteiger partial charge in [0.05, 0.1) is 5.25 Å². The summed E-state index contributed by atoms with van der Waals surface area (Å²) >= 11 is 1.47. The Morgan fingerprint density at radius 2 is 1.85 bits per heavy atom. The molecule has 26 heavy (non-hydrogen) atoms. The van der Waals surface area contributed by atoms with Crippen molar-refractivity contribution in [2.75, 3.05) is 11.9 Å². The van der Waals surface area contributed by atoms with Crippen LogP contribution in [-0.2, 0) is 4.79 Å². The average molecular weight is 366 g/mol. The topological polar surface area (TPSA) is 38.1 Å². The normalized spacial score (nSPS) is 12.0. The van der Waals surface area contributed by atoms with Crippen LogP contribution < -0.4 is 4.90 Å². The lowest BCUT2D eigenvalue weighted by Gasteiger charge is -2.21.